The first-order valence-electron chi connectivity index (χ1n) is 9.58. The third kappa shape index (κ3) is 4.38. The lowest BCUT2D eigenvalue weighted by atomic mass is 9.88. The zero-order valence-corrected chi connectivity index (χ0v) is 15.8. The summed E-state index contributed by atoms with van der Waals surface area (Å²) in [6.07, 6.45) is 1.84. The highest BCUT2D eigenvalue weighted by molar-refractivity contribution is 5.95. The van der Waals surface area contributed by atoms with Crippen molar-refractivity contribution >= 4 is 11.8 Å². The van der Waals surface area contributed by atoms with Crippen molar-refractivity contribution in [1.82, 2.24) is 10.2 Å². The fraction of sp³-hybridized carbons (Fsp3) is 0.364. The number of nitrogens with one attached hydrogen (secondary N) is 1. The Labute approximate surface area is 163 Å². The number of nitrogens with zero attached hydrogens (tertiary/aromatic N) is 1. The maximum absolute atomic E-state index is 14.1. The van der Waals surface area contributed by atoms with Gasteiger partial charge >= 0.3 is 0 Å². The highest BCUT2D eigenvalue weighted by Crippen LogP contribution is 2.34. The number of unbranched alkanes of at least 4 members (excludes halogenated alkanes) is 1. The summed E-state index contributed by atoms with van der Waals surface area (Å²) >= 11 is 0. The predicted molar refractivity (Wildman–Crippen MR) is 103 cm³/mol. The molecule has 0 spiro atoms. The molecule has 1 saturated heterocycles. The SMILES string of the molecule is CCCCNC(=O)[C@@H]1CN(C(=O)c2ccccc2F)C[C@H]1c1ccc(F)cc1. The summed E-state index contributed by atoms with van der Waals surface area (Å²) in [7, 11) is 0. The normalized spacial score (nSPS) is 18.9. The minimum Gasteiger partial charge on any atom is -0.356 e. The summed E-state index contributed by atoms with van der Waals surface area (Å²) in [5.74, 6) is -2.23. The lowest BCUT2D eigenvalue weighted by Crippen LogP contribution is -2.36. The van der Waals surface area contributed by atoms with E-state index in [1.54, 1.807) is 18.2 Å². The van der Waals surface area contributed by atoms with Crippen LogP contribution in [-0.2, 0) is 4.79 Å². The molecule has 6 heteroatoms. The van der Waals surface area contributed by atoms with Crippen LogP contribution in [0.1, 0.15) is 41.6 Å². The highest BCUT2D eigenvalue weighted by atomic mass is 19.1. The van der Waals surface area contributed by atoms with Gasteiger partial charge in [0.15, 0.2) is 0 Å². The number of rotatable bonds is 6. The first-order valence-corrected chi connectivity index (χ1v) is 9.58. The van der Waals surface area contributed by atoms with Gasteiger partial charge in [-0.3, -0.25) is 9.59 Å². The van der Waals surface area contributed by atoms with Crippen LogP contribution in [0.25, 0.3) is 0 Å². The van der Waals surface area contributed by atoms with Crippen LogP contribution in [-0.4, -0.2) is 36.3 Å². The van der Waals surface area contributed by atoms with Gasteiger partial charge in [0.25, 0.3) is 5.91 Å². The smallest absolute Gasteiger partial charge is 0.256 e. The molecule has 0 saturated carbocycles. The van der Waals surface area contributed by atoms with Gasteiger partial charge in [-0.25, -0.2) is 8.78 Å². The molecular weight excluding hydrogens is 362 g/mol. The molecule has 1 aliphatic rings. The largest absolute Gasteiger partial charge is 0.356 e. The Morgan fingerprint density at radius 2 is 1.79 bits per heavy atom. The molecule has 0 unspecified atom stereocenters. The Kier molecular flexibility index (Phi) is 6.39. The third-order valence-corrected chi connectivity index (χ3v) is 5.18. The van der Waals surface area contributed by atoms with Gasteiger partial charge in [-0.2, -0.15) is 0 Å². The second-order valence-electron chi connectivity index (χ2n) is 7.10. The maximum atomic E-state index is 14.1. The number of likely N-dealkylation sites (tertiary alicyclic amines) is 1. The third-order valence-electron chi connectivity index (χ3n) is 5.18. The number of carbonyl (C=O) groups is 2. The number of benzene rings is 2. The Balaban J connectivity index is 1.83. The van der Waals surface area contributed by atoms with Crippen LogP contribution in [0.5, 0.6) is 0 Å². The molecule has 1 fully saturated rings. The van der Waals surface area contributed by atoms with Crippen molar-refractivity contribution in [3.63, 3.8) is 0 Å². The number of amides is 2. The van der Waals surface area contributed by atoms with Crippen LogP contribution in [0.3, 0.4) is 0 Å². The Hall–Kier alpha value is -2.76. The zero-order chi connectivity index (χ0) is 20.1. The molecule has 2 aromatic carbocycles. The first kappa shape index (κ1) is 20.0. The molecule has 1 N–H and O–H groups in total. The Morgan fingerprint density at radius 1 is 1.07 bits per heavy atom. The first-order chi connectivity index (χ1) is 13.5. The van der Waals surface area contributed by atoms with E-state index in [0.717, 1.165) is 18.4 Å². The molecule has 2 aromatic rings. The monoisotopic (exact) mass is 386 g/mol. The fourth-order valence-corrected chi connectivity index (χ4v) is 3.61. The van der Waals surface area contributed by atoms with E-state index in [9.17, 15) is 18.4 Å². The fourth-order valence-electron chi connectivity index (χ4n) is 3.61. The van der Waals surface area contributed by atoms with Gasteiger partial charge in [-0.15, -0.1) is 0 Å². The van der Waals surface area contributed by atoms with Crippen LogP contribution >= 0.6 is 0 Å². The van der Waals surface area contributed by atoms with Gasteiger partial charge in [0.1, 0.15) is 11.6 Å². The summed E-state index contributed by atoms with van der Waals surface area (Å²) in [5, 5.41) is 2.92. The van der Waals surface area contributed by atoms with Crippen molar-refractivity contribution in [3.8, 4) is 0 Å². The standard InChI is InChI=1S/C22H24F2N2O2/c1-2-3-12-25-21(27)19-14-26(22(28)17-6-4-5-7-20(17)24)13-18(19)15-8-10-16(23)11-9-15/h4-11,18-19H,2-3,12-14H2,1H3,(H,25,27)/t18-,19+/m0/s1. The Bertz CT molecular complexity index is 839. The molecule has 0 radical (unpaired) electrons. The molecule has 3 rings (SSSR count). The van der Waals surface area contributed by atoms with E-state index in [-0.39, 0.29) is 36.3 Å². The number of carbonyl (C=O) groups excluding carboxylic acids is 2. The molecule has 0 aliphatic carbocycles. The van der Waals surface area contributed by atoms with E-state index in [1.807, 2.05) is 6.92 Å². The van der Waals surface area contributed by atoms with Gasteiger partial charge in [0, 0.05) is 25.6 Å². The molecule has 1 heterocycles. The summed E-state index contributed by atoms with van der Waals surface area (Å²) in [4.78, 5) is 27.1. The van der Waals surface area contributed by atoms with Gasteiger partial charge in [0.2, 0.25) is 5.91 Å². The maximum Gasteiger partial charge on any atom is 0.256 e. The van der Waals surface area contributed by atoms with E-state index in [0.29, 0.717) is 6.54 Å². The predicted octanol–water partition coefficient (Wildman–Crippen LogP) is 3.74. The molecule has 28 heavy (non-hydrogen) atoms. The Morgan fingerprint density at radius 3 is 2.46 bits per heavy atom. The van der Waals surface area contributed by atoms with Crippen LogP contribution in [0.15, 0.2) is 48.5 Å². The molecule has 1 aliphatic heterocycles. The van der Waals surface area contributed by atoms with Crippen molar-refractivity contribution in [1.29, 1.82) is 0 Å². The number of hydrogen-bond donors (Lipinski definition) is 1. The molecule has 2 amide bonds. The summed E-state index contributed by atoms with van der Waals surface area (Å²) in [6, 6.07) is 11.8. The van der Waals surface area contributed by atoms with Crippen molar-refractivity contribution < 1.29 is 18.4 Å². The lowest BCUT2D eigenvalue weighted by Gasteiger charge is -2.18. The summed E-state index contributed by atoms with van der Waals surface area (Å²) in [6.45, 7) is 3.10. The van der Waals surface area contributed by atoms with E-state index < -0.39 is 17.6 Å². The number of halogens is 2. The summed E-state index contributed by atoms with van der Waals surface area (Å²) < 4.78 is 27.4. The van der Waals surface area contributed by atoms with E-state index in [2.05, 4.69) is 5.32 Å². The second-order valence-corrected chi connectivity index (χ2v) is 7.10. The van der Waals surface area contributed by atoms with Crippen molar-refractivity contribution in [2.75, 3.05) is 19.6 Å². The van der Waals surface area contributed by atoms with E-state index in [4.69, 9.17) is 0 Å². The number of hydrogen-bond acceptors (Lipinski definition) is 2. The zero-order valence-electron chi connectivity index (χ0n) is 15.8. The van der Waals surface area contributed by atoms with Crippen molar-refractivity contribution in [3.05, 3.63) is 71.3 Å². The quantitative estimate of drug-likeness (QED) is 0.769. The van der Waals surface area contributed by atoms with E-state index >= 15 is 0 Å². The van der Waals surface area contributed by atoms with Gasteiger partial charge in [-0.05, 0) is 36.2 Å². The molecule has 0 aromatic heterocycles. The highest BCUT2D eigenvalue weighted by Gasteiger charge is 2.40. The van der Waals surface area contributed by atoms with Gasteiger partial charge in [-0.1, -0.05) is 37.6 Å². The summed E-state index contributed by atoms with van der Waals surface area (Å²) in [5.41, 5.74) is 0.785. The molecule has 148 valence electrons. The molecule has 0 bridgehead atoms. The lowest BCUT2D eigenvalue weighted by molar-refractivity contribution is -0.124. The van der Waals surface area contributed by atoms with E-state index in [1.165, 1.54) is 35.2 Å². The minimum absolute atomic E-state index is 0.00704. The second kappa shape index (κ2) is 8.95. The van der Waals surface area contributed by atoms with Crippen LogP contribution in [0.2, 0.25) is 0 Å². The van der Waals surface area contributed by atoms with Gasteiger partial charge < -0.3 is 10.2 Å². The minimum atomic E-state index is -0.582. The van der Waals surface area contributed by atoms with Crippen LogP contribution in [0, 0.1) is 17.6 Å². The topological polar surface area (TPSA) is 49.4 Å². The van der Waals surface area contributed by atoms with Crippen molar-refractivity contribution in [2.24, 2.45) is 5.92 Å². The molecular formula is C22H24F2N2O2. The molecule has 2 atom stereocenters. The average Bonchev–Trinajstić information content (AvgIpc) is 3.14. The average molecular weight is 386 g/mol. The molecule has 4 nitrogen and oxygen atoms in total. The van der Waals surface area contributed by atoms with Crippen LogP contribution < -0.4 is 5.32 Å². The van der Waals surface area contributed by atoms with Crippen molar-refractivity contribution in [2.45, 2.75) is 25.7 Å². The van der Waals surface area contributed by atoms with Crippen LogP contribution in [0.4, 0.5) is 8.78 Å². The van der Waals surface area contributed by atoms with Gasteiger partial charge in [0.05, 0.1) is 11.5 Å².